The van der Waals surface area contributed by atoms with Gasteiger partial charge in [-0.15, -0.1) is 0 Å². The number of aliphatic hydroxyl groups is 4. The molecule has 84 valence electrons. The molecule has 0 saturated heterocycles. The number of hydrogen-bond acceptors (Lipinski definition) is 6. The van der Waals surface area contributed by atoms with Crippen molar-refractivity contribution in [2.75, 3.05) is 27.2 Å². The summed E-state index contributed by atoms with van der Waals surface area (Å²) in [5.41, 5.74) is 0. The molecule has 0 bridgehead atoms. The van der Waals surface area contributed by atoms with Crippen molar-refractivity contribution >= 4 is 5.78 Å². The number of hydrogen-bond donors (Lipinski definition) is 4. The molecule has 0 aliphatic carbocycles. The van der Waals surface area contributed by atoms with Gasteiger partial charge < -0.3 is 25.3 Å². The van der Waals surface area contributed by atoms with Gasteiger partial charge in [0.2, 0.25) is 0 Å². The van der Waals surface area contributed by atoms with E-state index in [1.165, 1.54) is 4.90 Å². The van der Waals surface area contributed by atoms with Crippen molar-refractivity contribution in [1.82, 2.24) is 4.90 Å². The van der Waals surface area contributed by atoms with E-state index in [-0.39, 0.29) is 6.54 Å². The van der Waals surface area contributed by atoms with Crippen LogP contribution in [0.2, 0.25) is 0 Å². The van der Waals surface area contributed by atoms with Gasteiger partial charge in [-0.05, 0) is 14.1 Å². The molecule has 3 atom stereocenters. The second-order valence-electron chi connectivity index (χ2n) is 3.39. The van der Waals surface area contributed by atoms with Gasteiger partial charge in [0.25, 0.3) is 0 Å². The quantitative estimate of drug-likeness (QED) is 0.375. The van der Waals surface area contributed by atoms with Crippen molar-refractivity contribution in [1.29, 1.82) is 0 Å². The van der Waals surface area contributed by atoms with E-state index in [4.69, 9.17) is 10.2 Å². The molecule has 6 heteroatoms. The van der Waals surface area contributed by atoms with E-state index in [0.29, 0.717) is 0 Å². The zero-order valence-electron chi connectivity index (χ0n) is 8.29. The Morgan fingerprint density at radius 1 is 1.29 bits per heavy atom. The molecule has 14 heavy (non-hydrogen) atoms. The Balaban J connectivity index is 4.16. The van der Waals surface area contributed by atoms with Gasteiger partial charge in [-0.2, -0.15) is 0 Å². The third-order valence-corrected chi connectivity index (χ3v) is 1.71. The zero-order chi connectivity index (χ0) is 11.3. The second-order valence-corrected chi connectivity index (χ2v) is 3.39. The molecule has 0 unspecified atom stereocenters. The molecular weight excluding hydrogens is 190 g/mol. The number of aliphatic hydroxyl groups excluding tert-OH is 4. The first-order chi connectivity index (χ1) is 6.40. The van der Waals surface area contributed by atoms with E-state index in [9.17, 15) is 15.0 Å². The van der Waals surface area contributed by atoms with Crippen LogP contribution in [0.3, 0.4) is 0 Å². The average Bonchev–Trinajstić information content (AvgIpc) is 2.13. The van der Waals surface area contributed by atoms with Gasteiger partial charge in [0.05, 0.1) is 13.2 Å². The van der Waals surface area contributed by atoms with E-state index in [1.54, 1.807) is 14.1 Å². The van der Waals surface area contributed by atoms with E-state index >= 15 is 0 Å². The van der Waals surface area contributed by atoms with Crippen molar-refractivity contribution in [2.45, 2.75) is 18.3 Å². The molecule has 0 aromatic heterocycles. The van der Waals surface area contributed by atoms with Crippen LogP contribution in [0.5, 0.6) is 0 Å². The summed E-state index contributed by atoms with van der Waals surface area (Å²) in [5, 5.41) is 35.8. The maximum absolute atomic E-state index is 11.2. The van der Waals surface area contributed by atoms with Crippen LogP contribution in [-0.2, 0) is 4.79 Å². The molecule has 0 aromatic carbocycles. The highest BCUT2D eigenvalue weighted by Gasteiger charge is 2.29. The Morgan fingerprint density at radius 2 is 1.79 bits per heavy atom. The molecule has 6 nitrogen and oxygen atoms in total. The number of likely N-dealkylation sites (N-methyl/N-ethyl adjacent to an activating group) is 1. The molecule has 0 saturated carbocycles. The molecule has 0 fully saturated rings. The highest BCUT2D eigenvalue weighted by molar-refractivity contribution is 5.85. The minimum atomic E-state index is -1.67. The topological polar surface area (TPSA) is 101 Å². The Hall–Kier alpha value is -0.530. The number of Topliss-reactive ketones (excluding diaryl/α,β-unsaturated/α-hetero) is 1. The van der Waals surface area contributed by atoms with Crippen molar-refractivity contribution in [3.63, 3.8) is 0 Å². The minimum Gasteiger partial charge on any atom is -0.394 e. The lowest BCUT2D eigenvalue weighted by atomic mass is 10.0. The van der Waals surface area contributed by atoms with Crippen LogP contribution in [0, 0.1) is 0 Å². The number of carbonyl (C=O) groups excluding carboxylic acids is 1. The van der Waals surface area contributed by atoms with E-state index in [2.05, 4.69) is 0 Å². The van der Waals surface area contributed by atoms with Crippen LogP contribution in [0.4, 0.5) is 0 Å². The highest BCUT2D eigenvalue weighted by Crippen LogP contribution is 2.01. The van der Waals surface area contributed by atoms with Gasteiger partial charge >= 0.3 is 0 Å². The van der Waals surface area contributed by atoms with E-state index in [0.717, 1.165) is 0 Å². The minimum absolute atomic E-state index is 0.0314. The van der Waals surface area contributed by atoms with Crippen LogP contribution in [0.25, 0.3) is 0 Å². The molecule has 0 aliphatic rings. The lowest BCUT2D eigenvalue weighted by Gasteiger charge is -2.21. The Bertz CT molecular complexity index is 185. The summed E-state index contributed by atoms with van der Waals surface area (Å²) in [7, 11) is 3.28. The summed E-state index contributed by atoms with van der Waals surface area (Å²) < 4.78 is 0. The van der Waals surface area contributed by atoms with Gasteiger partial charge in [-0.25, -0.2) is 0 Å². The molecule has 0 radical (unpaired) electrons. The molecule has 0 rings (SSSR count). The maximum atomic E-state index is 11.2. The maximum Gasteiger partial charge on any atom is 0.177 e. The Kier molecular flexibility index (Phi) is 5.82. The van der Waals surface area contributed by atoms with Crippen molar-refractivity contribution in [3.05, 3.63) is 0 Å². The van der Waals surface area contributed by atoms with Gasteiger partial charge in [-0.3, -0.25) is 4.79 Å². The van der Waals surface area contributed by atoms with Crippen molar-refractivity contribution in [2.24, 2.45) is 0 Å². The fraction of sp³-hybridized carbons (Fsp3) is 0.875. The summed E-state index contributed by atoms with van der Waals surface area (Å²) in [5.74, 6) is -0.602. The number of rotatable bonds is 6. The lowest BCUT2D eigenvalue weighted by Crippen LogP contribution is -2.46. The second kappa shape index (κ2) is 6.05. The van der Waals surface area contributed by atoms with Crippen LogP contribution in [0.1, 0.15) is 0 Å². The van der Waals surface area contributed by atoms with Gasteiger partial charge in [0, 0.05) is 0 Å². The smallest absolute Gasteiger partial charge is 0.177 e. The zero-order valence-corrected chi connectivity index (χ0v) is 8.29. The number of nitrogens with zero attached hydrogens (tertiary/aromatic N) is 1. The normalized spacial score (nSPS) is 17.9. The van der Waals surface area contributed by atoms with Gasteiger partial charge in [0.1, 0.15) is 18.3 Å². The summed E-state index contributed by atoms with van der Waals surface area (Å²) >= 11 is 0. The summed E-state index contributed by atoms with van der Waals surface area (Å²) in [6, 6.07) is 0. The molecule has 0 aromatic rings. The Labute approximate surface area is 82.4 Å². The first-order valence-corrected chi connectivity index (χ1v) is 4.22. The SMILES string of the molecule is CN(C)CC(=O)[C@H](O)[C@@H](O)[C@@H](O)CO. The average molecular weight is 207 g/mol. The number of carbonyl (C=O) groups is 1. The third-order valence-electron chi connectivity index (χ3n) is 1.71. The third kappa shape index (κ3) is 4.12. The van der Waals surface area contributed by atoms with Gasteiger partial charge in [0.15, 0.2) is 5.78 Å². The molecule has 0 aliphatic heterocycles. The van der Waals surface area contributed by atoms with Gasteiger partial charge in [-0.1, -0.05) is 0 Å². The van der Waals surface area contributed by atoms with Crippen molar-refractivity contribution in [3.8, 4) is 0 Å². The molecule has 4 N–H and O–H groups in total. The Morgan fingerprint density at radius 3 is 2.14 bits per heavy atom. The van der Waals surface area contributed by atoms with Crippen molar-refractivity contribution < 1.29 is 25.2 Å². The summed E-state index contributed by atoms with van der Waals surface area (Å²) in [6.45, 7) is -0.732. The molecule has 0 heterocycles. The first-order valence-electron chi connectivity index (χ1n) is 4.22. The fourth-order valence-corrected chi connectivity index (χ4v) is 0.914. The summed E-state index contributed by atoms with van der Waals surface area (Å²) in [4.78, 5) is 12.7. The molecule has 0 spiro atoms. The number of ketones is 1. The molecule has 0 amide bonds. The standard InChI is InChI=1S/C8H17NO5/c1-9(2)3-5(11)7(13)8(14)6(12)4-10/h6-8,10,12-14H,3-4H2,1-2H3/t6-,7-,8-/m0/s1. The molecular formula is C8H17NO5. The van der Waals surface area contributed by atoms with Crippen LogP contribution >= 0.6 is 0 Å². The highest BCUT2D eigenvalue weighted by atomic mass is 16.4. The van der Waals surface area contributed by atoms with Crippen LogP contribution < -0.4 is 0 Å². The summed E-state index contributed by atoms with van der Waals surface area (Å²) in [6.07, 6.45) is -4.82. The largest absolute Gasteiger partial charge is 0.394 e. The first kappa shape index (κ1) is 13.5. The van der Waals surface area contributed by atoms with Crippen LogP contribution in [-0.4, -0.2) is 76.7 Å². The predicted molar refractivity (Wildman–Crippen MR) is 48.7 cm³/mol. The monoisotopic (exact) mass is 207 g/mol. The lowest BCUT2D eigenvalue weighted by molar-refractivity contribution is -0.140. The predicted octanol–water partition coefficient (Wildman–Crippen LogP) is -2.81. The fourth-order valence-electron chi connectivity index (χ4n) is 0.914. The van der Waals surface area contributed by atoms with Crippen LogP contribution in [0.15, 0.2) is 0 Å². The van der Waals surface area contributed by atoms with E-state index < -0.39 is 30.7 Å². The van der Waals surface area contributed by atoms with E-state index in [1.807, 2.05) is 0 Å².